The van der Waals surface area contributed by atoms with Crippen molar-refractivity contribution in [2.45, 2.75) is 19.1 Å². The van der Waals surface area contributed by atoms with Gasteiger partial charge in [-0.2, -0.15) is 13.2 Å². The molecule has 102 valence electrons. The normalized spacial score (nSPS) is 13.2. The zero-order valence-electron chi connectivity index (χ0n) is 10.3. The molecule has 0 aliphatic heterocycles. The second-order valence-corrected chi connectivity index (χ2v) is 3.90. The summed E-state index contributed by atoms with van der Waals surface area (Å²) < 4.78 is 46.0. The smallest absolute Gasteiger partial charge is 0.422 e. The van der Waals surface area contributed by atoms with Crippen molar-refractivity contribution in [1.29, 1.82) is 0 Å². The molecule has 0 bridgehead atoms. The lowest BCUT2D eigenvalue weighted by molar-refractivity contribution is -0.153. The van der Waals surface area contributed by atoms with Crippen LogP contribution in [0.3, 0.4) is 0 Å². The molecule has 1 aromatic carbocycles. The number of benzene rings is 1. The molecule has 1 unspecified atom stereocenters. The van der Waals surface area contributed by atoms with Crippen LogP contribution < -0.4 is 10.1 Å². The summed E-state index contributed by atoms with van der Waals surface area (Å²) in [5.41, 5.74) is 0.520. The average molecular weight is 263 g/mol. The lowest BCUT2D eigenvalue weighted by Crippen LogP contribution is -2.23. The Morgan fingerprint density at radius 2 is 1.94 bits per heavy atom. The van der Waals surface area contributed by atoms with Gasteiger partial charge in [0.05, 0.1) is 12.3 Å². The summed E-state index contributed by atoms with van der Waals surface area (Å²) >= 11 is 0. The highest BCUT2D eigenvalue weighted by molar-refractivity contribution is 5.56. The Morgan fingerprint density at radius 3 is 2.56 bits per heavy atom. The SMILES string of the molecule is COCC(C)Nc1ccccc1OCC(F)(F)F. The standard InChI is InChI=1S/C12H16F3NO2/c1-9(7-17-2)16-10-5-3-4-6-11(10)18-8-12(13,14)15/h3-6,9,16H,7-8H2,1-2H3. The molecule has 0 aliphatic rings. The fourth-order valence-corrected chi connectivity index (χ4v) is 1.43. The highest BCUT2D eigenvalue weighted by Crippen LogP contribution is 2.26. The first-order valence-corrected chi connectivity index (χ1v) is 5.46. The van der Waals surface area contributed by atoms with E-state index in [-0.39, 0.29) is 11.8 Å². The van der Waals surface area contributed by atoms with Gasteiger partial charge < -0.3 is 14.8 Å². The lowest BCUT2D eigenvalue weighted by Gasteiger charge is -2.18. The second-order valence-electron chi connectivity index (χ2n) is 3.90. The fraction of sp³-hybridized carbons (Fsp3) is 0.500. The van der Waals surface area contributed by atoms with Gasteiger partial charge in [0.25, 0.3) is 0 Å². The quantitative estimate of drug-likeness (QED) is 0.855. The van der Waals surface area contributed by atoms with E-state index in [1.807, 2.05) is 6.92 Å². The molecule has 6 heteroatoms. The van der Waals surface area contributed by atoms with Crippen LogP contribution in [0.1, 0.15) is 6.92 Å². The van der Waals surface area contributed by atoms with Gasteiger partial charge in [0, 0.05) is 13.2 Å². The van der Waals surface area contributed by atoms with Crippen LogP contribution in [0, 0.1) is 0 Å². The van der Waals surface area contributed by atoms with Crippen molar-refractivity contribution in [3.63, 3.8) is 0 Å². The van der Waals surface area contributed by atoms with E-state index in [9.17, 15) is 13.2 Å². The molecule has 0 saturated carbocycles. The van der Waals surface area contributed by atoms with Crippen LogP contribution in [0.2, 0.25) is 0 Å². The number of hydrogen-bond acceptors (Lipinski definition) is 3. The molecular formula is C12H16F3NO2. The molecule has 0 aliphatic carbocycles. The van der Waals surface area contributed by atoms with E-state index >= 15 is 0 Å². The highest BCUT2D eigenvalue weighted by Gasteiger charge is 2.28. The zero-order valence-corrected chi connectivity index (χ0v) is 10.3. The molecule has 0 spiro atoms. The Labute approximate surface area is 104 Å². The van der Waals surface area contributed by atoms with Crippen LogP contribution in [0.15, 0.2) is 24.3 Å². The molecule has 1 rings (SSSR count). The molecule has 18 heavy (non-hydrogen) atoms. The van der Waals surface area contributed by atoms with Crippen molar-refractivity contribution in [2.24, 2.45) is 0 Å². The number of halogens is 3. The minimum atomic E-state index is -4.34. The van der Waals surface area contributed by atoms with Crippen LogP contribution in [0.25, 0.3) is 0 Å². The first-order valence-electron chi connectivity index (χ1n) is 5.46. The second kappa shape index (κ2) is 6.49. The Hall–Kier alpha value is -1.43. The predicted molar refractivity (Wildman–Crippen MR) is 63.0 cm³/mol. The number of hydrogen-bond donors (Lipinski definition) is 1. The van der Waals surface area contributed by atoms with Crippen LogP contribution in [-0.2, 0) is 4.74 Å². The van der Waals surface area contributed by atoms with E-state index < -0.39 is 12.8 Å². The molecule has 0 amide bonds. The molecule has 0 saturated heterocycles. The summed E-state index contributed by atoms with van der Waals surface area (Å²) in [4.78, 5) is 0. The van der Waals surface area contributed by atoms with Gasteiger partial charge in [-0.15, -0.1) is 0 Å². The Bertz CT molecular complexity index is 369. The largest absolute Gasteiger partial charge is 0.482 e. The number of methoxy groups -OCH3 is 1. The summed E-state index contributed by atoms with van der Waals surface area (Å²) in [7, 11) is 1.56. The molecule has 0 radical (unpaired) electrons. The van der Waals surface area contributed by atoms with Crippen LogP contribution in [0.4, 0.5) is 18.9 Å². The van der Waals surface area contributed by atoms with Gasteiger partial charge in [-0.25, -0.2) is 0 Å². The monoisotopic (exact) mass is 263 g/mol. The van der Waals surface area contributed by atoms with Crippen molar-refractivity contribution in [1.82, 2.24) is 0 Å². The van der Waals surface area contributed by atoms with Gasteiger partial charge >= 0.3 is 6.18 Å². The Balaban J connectivity index is 2.67. The van der Waals surface area contributed by atoms with Crippen molar-refractivity contribution < 1.29 is 22.6 Å². The van der Waals surface area contributed by atoms with E-state index in [0.29, 0.717) is 12.3 Å². The van der Waals surface area contributed by atoms with Crippen molar-refractivity contribution >= 4 is 5.69 Å². The van der Waals surface area contributed by atoms with Gasteiger partial charge in [0.1, 0.15) is 5.75 Å². The summed E-state index contributed by atoms with van der Waals surface area (Å²) in [5, 5.41) is 3.03. The maximum Gasteiger partial charge on any atom is 0.422 e. The Morgan fingerprint density at radius 1 is 1.28 bits per heavy atom. The van der Waals surface area contributed by atoms with E-state index in [2.05, 4.69) is 5.32 Å². The molecule has 3 nitrogen and oxygen atoms in total. The van der Waals surface area contributed by atoms with Gasteiger partial charge in [-0.3, -0.25) is 0 Å². The molecular weight excluding hydrogens is 247 g/mol. The minimum Gasteiger partial charge on any atom is -0.482 e. The molecule has 0 fully saturated rings. The van der Waals surface area contributed by atoms with Crippen molar-refractivity contribution in [3.8, 4) is 5.75 Å². The highest BCUT2D eigenvalue weighted by atomic mass is 19.4. The third-order valence-corrected chi connectivity index (χ3v) is 2.10. The van der Waals surface area contributed by atoms with Gasteiger partial charge in [0.2, 0.25) is 0 Å². The number of alkyl halides is 3. The fourth-order valence-electron chi connectivity index (χ4n) is 1.43. The average Bonchev–Trinajstić information content (AvgIpc) is 2.27. The number of ether oxygens (including phenoxy) is 2. The van der Waals surface area contributed by atoms with Crippen LogP contribution >= 0.6 is 0 Å². The lowest BCUT2D eigenvalue weighted by atomic mass is 10.2. The molecule has 1 atom stereocenters. The number of nitrogens with one attached hydrogen (secondary N) is 1. The first-order chi connectivity index (χ1) is 8.42. The van der Waals surface area contributed by atoms with Gasteiger partial charge in [-0.1, -0.05) is 12.1 Å². The maximum atomic E-state index is 12.1. The van der Waals surface area contributed by atoms with E-state index in [1.165, 1.54) is 6.07 Å². The topological polar surface area (TPSA) is 30.5 Å². The predicted octanol–water partition coefficient (Wildman–Crippen LogP) is 3.07. The van der Waals surface area contributed by atoms with Crippen LogP contribution in [0.5, 0.6) is 5.75 Å². The molecule has 0 heterocycles. The first kappa shape index (κ1) is 14.6. The Kier molecular flexibility index (Phi) is 5.27. The van der Waals surface area contributed by atoms with Crippen molar-refractivity contribution in [3.05, 3.63) is 24.3 Å². The van der Waals surface area contributed by atoms with Gasteiger partial charge in [0.15, 0.2) is 6.61 Å². The maximum absolute atomic E-state index is 12.1. The van der Waals surface area contributed by atoms with Crippen LogP contribution in [-0.4, -0.2) is 32.5 Å². The number of anilines is 1. The van der Waals surface area contributed by atoms with E-state index in [1.54, 1.807) is 25.3 Å². The number of para-hydroxylation sites is 2. The molecule has 1 aromatic rings. The number of rotatable bonds is 6. The van der Waals surface area contributed by atoms with Crippen molar-refractivity contribution in [2.75, 3.05) is 25.6 Å². The van der Waals surface area contributed by atoms with Gasteiger partial charge in [-0.05, 0) is 19.1 Å². The molecule has 1 N–H and O–H groups in total. The summed E-state index contributed by atoms with van der Waals surface area (Å²) in [6.07, 6.45) is -4.34. The zero-order chi connectivity index (χ0) is 13.6. The summed E-state index contributed by atoms with van der Waals surface area (Å²) in [6, 6.07) is 6.48. The summed E-state index contributed by atoms with van der Waals surface area (Å²) in [5.74, 6) is 0.178. The third-order valence-electron chi connectivity index (χ3n) is 2.10. The summed E-state index contributed by atoms with van der Waals surface area (Å²) in [6.45, 7) is 1.02. The molecule has 0 aromatic heterocycles. The third kappa shape index (κ3) is 5.27. The van der Waals surface area contributed by atoms with E-state index in [0.717, 1.165) is 0 Å². The van der Waals surface area contributed by atoms with E-state index in [4.69, 9.17) is 9.47 Å². The minimum absolute atomic E-state index is 0.0226.